The summed E-state index contributed by atoms with van der Waals surface area (Å²) in [5.74, 6) is 0.802. The van der Waals surface area contributed by atoms with Crippen molar-refractivity contribution in [1.82, 2.24) is 15.5 Å². The highest BCUT2D eigenvalue weighted by atomic mass is 127. The Bertz CT molecular complexity index is 805. The van der Waals surface area contributed by atoms with Crippen molar-refractivity contribution in [1.29, 1.82) is 0 Å². The molecule has 1 aliphatic heterocycles. The van der Waals surface area contributed by atoms with Gasteiger partial charge in [0.05, 0.1) is 18.7 Å². The van der Waals surface area contributed by atoms with Crippen LogP contribution in [-0.4, -0.2) is 41.7 Å². The maximum atomic E-state index is 9.65. The molecule has 1 heterocycles. The number of hydrogen-bond donors (Lipinski definition) is 3. The molecule has 0 radical (unpaired) electrons. The van der Waals surface area contributed by atoms with Crippen LogP contribution in [0, 0.1) is 0 Å². The van der Waals surface area contributed by atoms with E-state index >= 15 is 0 Å². The van der Waals surface area contributed by atoms with Crippen LogP contribution < -0.4 is 10.6 Å². The number of piperidine rings is 1. The molecule has 0 spiro atoms. The summed E-state index contributed by atoms with van der Waals surface area (Å²) in [6.07, 6.45) is 1.63. The number of halogens is 2. The number of nitrogens with one attached hydrogen (secondary N) is 2. The van der Waals surface area contributed by atoms with Gasteiger partial charge >= 0.3 is 0 Å². The van der Waals surface area contributed by atoms with Crippen molar-refractivity contribution in [2.45, 2.75) is 51.9 Å². The minimum atomic E-state index is -0.122. The van der Waals surface area contributed by atoms with Crippen LogP contribution in [0.1, 0.15) is 49.4 Å². The molecule has 1 saturated heterocycles. The smallest absolute Gasteiger partial charge is 0.192 e. The molecular weight excluding hydrogens is 523 g/mol. The minimum Gasteiger partial charge on any atom is -0.393 e. The Balaban J connectivity index is 0.00000341. The fourth-order valence-corrected chi connectivity index (χ4v) is 3.74. The Kier molecular flexibility index (Phi) is 11.1. The van der Waals surface area contributed by atoms with Gasteiger partial charge in [-0.2, -0.15) is 0 Å². The zero-order chi connectivity index (χ0) is 21.3. The Morgan fingerprint density at radius 3 is 2.32 bits per heavy atom. The molecule has 0 aliphatic carbocycles. The molecule has 5 nitrogen and oxygen atoms in total. The molecule has 3 rings (SSSR count). The average molecular weight is 557 g/mol. The fourth-order valence-electron chi connectivity index (χ4n) is 3.62. The molecule has 1 unspecified atom stereocenters. The van der Waals surface area contributed by atoms with Crippen LogP contribution in [-0.2, 0) is 13.1 Å². The number of hydrogen-bond acceptors (Lipinski definition) is 3. The number of aliphatic imine (C=N–C) groups is 1. The highest BCUT2D eigenvalue weighted by Gasteiger charge is 2.16. The zero-order valence-electron chi connectivity index (χ0n) is 18.4. The molecule has 0 amide bonds. The molecule has 7 heteroatoms. The van der Waals surface area contributed by atoms with Gasteiger partial charge in [0.2, 0.25) is 0 Å². The van der Waals surface area contributed by atoms with E-state index in [-0.39, 0.29) is 36.1 Å². The lowest BCUT2D eigenvalue weighted by Gasteiger charge is -2.29. The minimum absolute atomic E-state index is 0. The van der Waals surface area contributed by atoms with Gasteiger partial charge in [-0.3, -0.25) is 4.90 Å². The lowest BCUT2D eigenvalue weighted by Crippen LogP contribution is -2.38. The molecule has 1 fully saturated rings. The van der Waals surface area contributed by atoms with Crippen LogP contribution in [0.15, 0.2) is 53.5 Å². The van der Waals surface area contributed by atoms with Crippen LogP contribution in [0.4, 0.5) is 0 Å². The molecule has 0 aromatic heterocycles. The summed E-state index contributed by atoms with van der Waals surface area (Å²) in [5, 5.41) is 17.2. The molecule has 1 aliphatic rings. The van der Waals surface area contributed by atoms with Gasteiger partial charge in [-0.1, -0.05) is 48.0 Å². The summed E-state index contributed by atoms with van der Waals surface area (Å²) in [6.45, 7) is 8.50. The maximum Gasteiger partial charge on any atom is 0.192 e. The van der Waals surface area contributed by atoms with Crippen LogP contribution in [0.5, 0.6) is 0 Å². The third-order valence-corrected chi connectivity index (χ3v) is 5.73. The van der Waals surface area contributed by atoms with E-state index < -0.39 is 0 Å². The van der Waals surface area contributed by atoms with Crippen LogP contribution in [0.3, 0.4) is 0 Å². The molecule has 2 aromatic rings. The first-order valence-electron chi connectivity index (χ1n) is 10.8. The summed E-state index contributed by atoms with van der Waals surface area (Å²) in [4.78, 5) is 7.16. The summed E-state index contributed by atoms with van der Waals surface area (Å²) >= 11 is 5.99. The first-order valence-corrected chi connectivity index (χ1v) is 11.2. The van der Waals surface area contributed by atoms with E-state index in [2.05, 4.69) is 53.6 Å². The van der Waals surface area contributed by atoms with Gasteiger partial charge in [0.1, 0.15) is 0 Å². The van der Waals surface area contributed by atoms with Gasteiger partial charge in [-0.25, -0.2) is 4.99 Å². The Labute approximate surface area is 208 Å². The van der Waals surface area contributed by atoms with Gasteiger partial charge in [0, 0.05) is 31.2 Å². The number of benzene rings is 2. The van der Waals surface area contributed by atoms with Crippen molar-refractivity contribution in [2.75, 3.05) is 19.6 Å². The molecule has 0 bridgehead atoms. The SMILES string of the molecule is CCNC(=NCc1ccc(CN2CCC(O)CC2)cc1)NC(C)c1ccc(Cl)cc1.I. The van der Waals surface area contributed by atoms with Crippen LogP contribution in [0.25, 0.3) is 0 Å². The van der Waals surface area contributed by atoms with Crippen LogP contribution >= 0.6 is 35.6 Å². The van der Waals surface area contributed by atoms with E-state index in [0.717, 1.165) is 50.0 Å². The topological polar surface area (TPSA) is 59.9 Å². The maximum absolute atomic E-state index is 9.65. The van der Waals surface area contributed by atoms with Crippen molar-refractivity contribution >= 4 is 41.5 Å². The van der Waals surface area contributed by atoms with Crippen molar-refractivity contribution in [3.63, 3.8) is 0 Å². The summed E-state index contributed by atoms with van der Waals surface area (Å²) < 4.78 is 0. The lowest BCUT2D eigenvalue weighted by atomic mass is 10.1. The zero-order valence-corrected chi connectivity index (χ0v) is 21.4. The Morgan fingerprint density at radius 2 is 1.71 bits per heavy atom. The number of rotatable bonds is 7. The predicted molar refractivity (Wildman–Crippen MR) is 140 cm³/mol. The van der Waals surface area contributed by atoms with E-state index in [1.165, 1.54) is 16.7 Å². The second-order valence-corrected chi connectivity index (χ2v) is 8.37. The number of guanidine groups is 1. The number of likely N-dealkylation sites (tertiary alicyclic amines) is 1. The lowest BCUT2D eigenvalue weighted by molar-refractivity contribution is 0.0792. The number of aliphatic hydroxyl groups is 1. The summed E-state index contributed by atoms with van der Waals surface area (Å²) in [5.41, 5.74) is 3.66. The van der Waals surface area contributed by atoms with Crippen molar-refractivity contribution in [3.8, 4) is 0 Å². The van der Waals surface area contributed by atoms with Crippen molar-refractivity contribution in [2.24, 2.45) is 4.99 Å². The van der Waals surface area contributed by atoms with Gasteiger partial charge in [-0.15, -0.1) is 24.0 Å². The quantitative estimate of drug-likeness (QED) is 0.262. The summed E-state index contributed by atoms with van der Waals surface area (Å²) in [7, 11) is 0. The van der Waals surface area contributed by atoms with Crippen LogP contribution in [0.2, 0.25) is 5.02 Å². The van der Waals surface area contributed by atoms with Crippen molar-refractivity contribution in [3.05, 3.63) is 70.2 Å². The van der Waals surface area contributed by atoms with Gasteiger partial charge in [0.15, 0.2) is 5.96 Å². The fraction of sp³-hybridized carbons (Fsp3) is 0.458. The van der Waals surface area contributed by atoms with Gasteiger partial charge in [-0.05, 0) is 55.5 Å². The highest BCUT2D eigenvalue weighted by molar-refractivity contribution is 14.0. The Hall–Kier alpha value is -1.35. The molecule has 0 saturated carbocycles. The normalized spacial score (nSPS) is 16.5. The van der Waals surface area contributed by atoms with Gasteiger partial charge < -0.3 is 15.7 Å². The molecule has 3 N–H and O–H groups in total. The second kappa shape index (κ2) is 13.3. The molecular formula is C24H34ClIN4O. The standard InChI is InChI=1S/C24H33ClN4O.HI/c1-3-26-24(28-18(2)21-8-10-22(25)11-9-21)27-16-19-4-6-20(7-5-19)17-29-14-12-23(30)13-15-29;/h4-11,18,23,30H,3,12-17H2,1-2H3,(H2,26,27,28);1H. The third-order valence-electron chi connectivity index (χ3n) is 5.47. The van der Waals surface area contributed by atoms with Gasteiger partial charge in [0.25, 0.3) is 0 Å². The first-order chi connectivity index (χ1) is 14.5. The highest BCUT2D eigenvalue weighted by Crippen LogP contribution is 2.17. The average Bonchev–Trinajstić information content (AvgIpc) is 2.75. The van der Waals surface area contributed by atoms with E-state index in [1.54, 1.807) is 0 Å². The van der Waals surface area contributed by atoms with E-state index in [9.17, 15) is 5.11 Å². The molecule has 31 heavy (non-hydrogen) atoms. The molecule has 2 aromatic carbocycles. The number of aliphatic hydroxyl groups excluding tert-OH is 1. The molecule has 170 valence electrons. The third kappa shape index (κ3) is 8.60. The Morgan fingerprint density at radius 1 is 1.10 bits per heavy atom. The predicted octanol–water partition coefficient (Wildman–Crippen LogP) is 4.73. The van der Waals surface area contributed by atoms with E-state index in [4.69, 9.17) is 16.6 Å². The second-order valence-electron chi connectivity index (χ2n) is 7.94. The summed E-state index contributed by atoms with van der Waals surface area (Å²) in [6, 6.07) is 16.7. The largest absolute Gasteiger partial charge is 0.393 e. The molecule has 1 atom stereocenters. The van der Waals surface area contributed by atoms with Crippen molar-refractivity contribution < 1.29 is 5.11 Å². The van der Waals surface area contributed by atoms with E-state index in [1.807, 2.05) is 24.3 Å². The number of nitrogens with zero attached hydrogens (tertiary/aromatic N) is 2. The van der Waals surface area contributed by atoms with E-state index in [0.29, 0.717) is 6.54 Å². The monoisotopic (exact) mass is 556 g/mol. The first kappa shape index (κ1) is 25.9.